The lowest BCUT2D eigenvalue weighted by atomic mass is 10.1. The van der Waals surface area contributed by atoms with Gasteiger partial charge >= 0.3 is 6.36 Å². The molecule has 114 valence electrons. The maximum atomic E-state index is 12.0. The highest BCUT2D eigenvalue weighted by Gasteiger charge is 2.30. The first-order valence-electron chi connectivity index (χ1n) is 6.99. The SMILES string of the molecule is CCCNC(C)CCCc1ccc(OC(F)(F)F)cc1. The standard InChI is InChI=1S/C15H22F3NO/c1-3-11-19-12(2)5-4-6-13-7-9-14(10-8-13)20-15(16,17)18/h7-10,12,19H,3-6,11H2,1-2H3. The second-order valence-corrected chi connectivity index (χ2v) is 4.94. The molecule has 0 bridgehead atoms. The van der Waals surface area contributed by atoms with Gasteiger partial charge in [-0.1, -0.05) is 19.1 Å². The predicted octanol–water partition coefficient (Wildman–Crippen LogP) is 4.30. The van der Waals surface area contributed by atoms with Crippen molar-refractivity contribution in [3.63, 3.8) is 0 Å². The lowest BCUT2D eigenvalue weighted by Gasteiger charge is -2.13. The Morgan fingerprint density at radius 3 is 2.40 bits per heavy atom. The summed E-state index contributed by atoms with van der Waals surface area (Å²) in [5, 5.41) is 3.41. The van der Waals surface area contributed by atoms with Crippen LogP contribution in [0.3, 0.4) is 0 Å². The molecule has 1 aromatic rings. The van der Waals surface area contributed by atoms with E-state index in [0.29, 0.717) is 6.04 Å². The smallest absolute Gasteiger partial charge is 0.406 e. The molecule has 0 heterocycles. The number of hydrogen-bond acceptors (Lipinski definition) is 2. The largest absolute Gasteiger partial charge is 0.573 e. The molecule has 1 atom stereocenters. The van der Waals surface area contributed by atoms with Crippen LogP contribution < -0.4 is 10.1 Å². The Balaban J connectivity index is 2.31. The van der Waals surface area contributed by atoms with E-state index in [4.69, 9.17) is 0 Å². The van der Waals surface area contributed by atoms with Crippen molar-refractivity contribution in [2.24, 2.45) is 0 Å². The van der Waals surface area contributed by atoms with Gasteiger partial charge in [-0.25, -0.2) is 0 Å². The summed E-state index contributed by atoms with van der Waals surface area (Å²) in [7, 11) is 0. The van der Waals surface area contributed by atoms with Crippen LogP contribution >= 0.6 is 0 Å². The molecule has 2 nitrogen and oxygen atoms in total. The quantitative estimate of drug-likeness (QED) is 0.770. The minimum absolute atomic E-state index is 0.167. The number of hydrogen-bond donors (Lipinski definition) is 1. The lowest BCUT2D eigenvalue weighted by Crippen LogP contribution is -2.26. The van der Waals surface area contributed by atoms with Crippen LogP contribution in [0.15, 0.2) is 24.3 Å². The summed E-state index contributed by atoms with van der Waals surface area (Å²) in [4.78, 5) is 0. The van der Waals surface area contributed by atoms with E-state index in [-0.39, 0.29) is 5.75 Å². The van der Waals surface area contributed by atoms with E-state index < -0.39 is 6.36 Å². The van der Waals surface area contributed by atoms with Crippen molar-refractivity contribution in [3.8, 4) is 5.75 Å². The van der Waals surface area contributed by atoms with Crippen molar-refractivity contribution >= 4 is 0 Å². The summed E-state index contributed by atoms with van der Waals surface area (Å²) >= 11 is 0. The zero-order chi connectivity index (χ0) is 15.0. The molecule has 0 aliphatic rings. The van der Waals surface area contributed by atoms with E-state index in [1.807, 2.05) is 0 Å². The lowest BCUT2D eigenvalue weighted by molar-refractivity contribution is -0.274. The highest BCUT2D eigenvalue weighted by atomic mass is 19.4. The zero-order valence-electron chi connectivity index (χ0n) is 12.0. The Kier molecular flexibility index (Phi) is 6.85. The Hall–Kier alpha value is -1.23. The average molecular weight is 289 g/mol. The second-order valence-electron chi connectivity index (χ2n) is 4.94. The third-order valence-electron chi connectivity index (χ3n) is 3.00. The number of benzene rings is 1. The molecule has 1 unspecified atom stereocenters. The maximum Gasteiger partial charge on any atom is 0.573 e. The van der Waals surface area contributed by atoms with Crippen molar-refractivity contribution in [1.82, 2.24) is 5.32 Å². The fourth-order valence-electron chi connectivity index (χ4n) is 1.96. The van der Waals surface area contributed by atoms with Gasteiger partial charge in [-0.2, -0.15) is 0 Å². The summed E-state index contributed by atoms with van der Waals surface area (Å²) in [6.07, 6.45) is -0.574. The molecule has 1 rings (SSSR count). The van der Waals surface area contributed by atoms with E-state index in [1.54, 1.807) is 12.1 Å². The molecule has 0 radical (unpaired) electrons. The summed E-state index contributed by atoms with van der Waals surface area (Å²) < 4.78 is 39.9. The molecule has 0 aliphatic heterocycles. The highest BCUT2D eigenvalue weighted by molar-refractivity contribution is 5.27. The van der Waals surface area contributed by atoms with Gasteiger partial charge in [0.25, 0.3) is 0 Å². The summed E-state index contributed by atoms with van der Waals surface area (Å²) in [5.74, 6) is -0.167. The zero-order valence-corrected chi connectivity index (χ0v) is 12.0. The summed E-state index contributed by atoms with van der Waals surface area (Å²) in [6.45, 7) is 5.30. The van der Waals surface area contributed by atoms with Gasteiger partial charge in [-0.15, -0.1) is 13.2 Å². The molecule has 1 aromatic carbocycles. The monoisotopic (exact) mass is 289 g/mol. The fourth-order valence-corrected chi connectivity index (χ4v) is 1.96. The minimum atomic E-state index is -4.62. The number of alkyl halides is 3. The van der Waals surface area contributed by atoms with E-state index in [0.717, 1.165) is 37.8 Å². The van der Waals surface area contributed by atoms with E-state index >= 15 is 0 Å². The number of aryl methyl sites for hydroxylation is 1. The third-order valence-corrected chi connectivity index (χ3v) is 3.00. The molecule has 0 saturated heterocycles. The highest BCUT2D eigenvalue weighted by Crippen LogP contribution is 2.23. The van der Waals surface area contributed by atoms with Crippen LogP contribution in [0.4, 0.5) is 13.2 Å². The number of ether oxygens (including phenoxy) is 1. The molecule has 1 N–H and O–H groups in total. The van der Waals surface area contributed by atoms with Crippen molar-refractivity contribution in [1.29, 1.82) is 0 Å². The Bertz CT molecular complexity index is 376. The van der Waals surface area contributed by atoms with Crippen LogP contribution in [-0.4, -0.2) is 18.9 Å². The Morgan fingerprint density at radius 1 is 1.20 bits per heavy atom. The number of rotatable bonds is 8. The van der Waals surface area contributed by atoms with Crippen LogP contribution in [-0.2, 0) is 6.42 Å². The van der Waals surface area contributed by atoms with Gasteiger partial charge in [-0.3, -0.25) is 0 Å². The summed E-state index contributed by atoms with van der Waals surface area (Å²) in [6, 6.07) is 6.57. The normalized spacial score (nSPS) is 13.2. The Labute approximate surface area is 118 Å². The van der Waals surface area contributed by atoms with Crippen LogP contribution in [0, 0.1) is 0 Å². The van der Waals surface area contributed by atoms with Gasteiger partial charge in [-0.05, 0) is 56.8 Å². The Morgan fingerprint density at radius 2 is 1.85 bits per heavy atom. The van der Waals surface area contributed by atoms with Crippen LogP contribution in [0.1, 0.15) is 38.7 Å². The number of nitrogens with one attached hydrogen (secondary N) is 1. The van der Waals surface area contributed by atoms with E-state index in [2.05, 4.69) is 23.9 Å². The molecule has 0 aliphatic carbocycles. The second kappa shape index (κ2) is 8.15. The van der Waals surface area contributed by atoms with Gasteiger partial charge in [0, 0.05) is 6.04 Å². The molecule has 5 heteroatoms. The van der Waals surface area contributed by atoms with Crippen molar-refractivity contribution < 1.29 is 17.9 Å². The van der Waals surface area contributed by atoms with Crippen LogP contribution in [0.25, 0.3) is 0 Å². The molecule has 0 spiro atoms. The molecule has 0 saturated carbocycles. The van der Waals surface area contributed by atoms with Gasteiger partial charge < -0.3 is 10.1 Å². The van der Waals surface area contributed by atoms with Gasteiger partial charge in [0.1, 0.15) is 5.75 Å². The molecule has 20 heavy (non-hydrogen) atoms. The molecular weight excluding hydrogens is 267 g/mol. The predicted molar refractivity (Wildman–Crippen MR) is 73.8 cm³/mol. The van der Waals surface area contributed by atoms with Gasteiger partial charge in [0.05, 0.1) is 0 Å². The van der Waals surface area contributed by atoms with E-state index in [1.165, 1.54) is 12.1 Å². The first kappa shape index (κ1) is 16.8. The maximum absolute atomic E-state index is 12.0. The van der Waals surface area contributed by atoms with Crippen molar-refractivity contribution in [3.05, 3.63) is 29.8 Å². The van der Waals surface area contributed by atoms with E-state index in [9.17, 15) is 13.2 Å². The molecule has 0 fully saturated rings. The van der Waals surface area contributed by atoms with Crippen LogP contribution in [0.5, 0.6) is 5.75 Å². The third kappa shape index (κ3) is 7.38. The first-order chi connectivity index (χ1) is 9.40. The van der Waals surface area contributed by atoms with Crippen LogP contribution in [0.2, 0.25) is 0 Å². The van der Waals surface area contributed by atoms with Gasteiger partial charge in [0.15, 0.2) is 0 Å². The first-order valence-corrected chi connectivity index (χ1v) is 6.99. The van der Waals surface area contributed by atoms with Gasteiger partial charge in [0.2, 0.25) is 0 Å². The minimum Gasteiger partial charge on any atom is -0.406 e. The fraction of sp³-hybridized carbons (Fsp3) is 0.600. The molecule has 0 aromatic heterocycles. The molecular formula is C15H22F3NO. The van der Waals surface area contributed by atoms with Crippen molar-refractivity contribution in [2.45, 2.75) is 51.9 Å². The van der Waals surface area contributed by atoms with Crippen molar-refractivity contribution in [2.75, 3.05) is 6.54 Å². The summed E-state index contributed by atoms with van der Waals surface area (Å²) in [5.41, 5.74) is 1.03. The molecule has 0 amide bonds. The average Bonchev–Trinajstić information content (AvgIpc) is 2.37. The topological polar surface area (TPSA) is 21.3 Å². The number of halogens is 3.